The number of rotatable bonds is 4. The lowest BCUT2D eigenvalue weighted by Crippen LogP contribution is -2.57. The molecule has 1 fully saturated rings. The van der Waals surface area contributed by atoms with E-state index in [1.165, 1.54) is 0 Å². The average molecular weight is 343 g/mol. The van der Waals surface area contributed by atoms with Crippen molar-refractivity contribution in [3.63, 3.8) is 0 Å². The maximum atomic E-state index is 12.1. The zero-order chi connectivity index (χ0) is 14.9. The molecule has 1 aliphatic heterocycles. The highest BCUT2D eigenvalue weighted by Crippen LogP contribution is 2.24. The Morgan fingerprint density at radius 3 is 2.70 bits per heavy atom. The van der Waals surface area contributed by atoms with Gasteiger partial charge in [-0.05, 0) is 29.3 Å². The van der Waals surface area contributed by atoms with E-state index >= 15 is 0 Å². The second-order valence-corrected chi connectivity index (χ2v) is 5.81. The topological polar surface area (TPSA) is 67.2 Å². The molecule has 0 aliphatic carbocycles. The lowest BCUT2D eigenvalue weighted by atomic mass is 10.1. The van der Waals surface area contributed by atoms with Gasteiger partial charge in [0.15, 0.2) is 0 Å². The number of halogens is 1. The van der Waals surface area contributed by atoms with Crippen molar-refractivity contribution in [2.24, 2.45) is 7.05 Å². The molecule has 20 heavy (non-hydrogen) atoms. The number of hydrogen-bond donors (Lipinski definition) is 1. The molecular formula is C13H19BrN4O2. The number of aromatic nitrogens is 2. The largest absolute Gasteiger partial charge is 0.345 e. The van der Waals surface area contributed by atoms with Crippen LogP contribution in [0.3, 0.4) is 0 Å². The summed E-state index contributed by atoms with van der Waals surface area (Å²) in [6, 6.07) is -0.386. The van der Waals surface area contributed by atoms with Gasteiger partial charge in [0, 0.05) is 7.05 Å². The number of piperazine rings is 1. The lowest BCUT2D eigenvalue weighted by molar-refractivity contribution is -0.146. The Balaban J connectivity index is 2.27. The molecule has 1 aromatic heterocycles. The van der Waals surface area contributed by atoms with Crippen molar-refractivity contribution in [1.82, 2.24) is 20.0 Å². The lowest BCUT2D eigenvalue weighted by Gasteiger charge is -2.34. The number of nitrogens with one attached hydrogen (secondary N) is 1. The molecule has 110 valence electrons. The number of nitrogens with zero attached hydrogens (tertiary/aromatic N) is 3. The van der Waals surface area contributed by atoms with E-state index in [9.17, 15) is 9.59 Å². The zero-order valence-electron chi connectivity index (χ0n) is 11.9. The molecule has 2 rings (SSSR count). The third-order valence-electron chi connectivity index (χ3n) is 3.56. The second kappa shape index (κ2) is 5.95. The van der Waals surface area contributed by atoms with Crippen molar-refractivity contribution < 1.29 is 9.59 Å². The minimum absolute atomic E-state index is 0.0474. The summed E-state index contributed by atoms with van der Waals surface area (Å²) in [7, 11) is 1.84. The van der Waals surface area contributed by atoms with Crippen LogP contribution < -0.4 is 5.32 Å². The predicted molar refractivity (Wildman–Crippen MR) is 77.9 cm³/mol. The molecule has 0 saturated carbocycles. The molecule has 1 atom stereocenters. The van der Waals surface area contributed by atoms with Gasteiger partial charge in [-0.15, -0.1) is 0 Å². The molecule has 0 radical (unpaired) electrons. The fourth-order valence-electron chi connectivity index (χ4n) is 2.47. The van der Waals surface area contributed by atoms with Gasteiger partial charge in [-0.1, -0.05) is 13.3 Å². The van der Waals surface area contributed by atoms with Crippen LogP contribution in [-0.4, -0.2) is 39.1 Å². The summed E-state index contributed by atoms with van der Waals surface area (Å²) in [5.41, 5.74) is 1.79. The third kappa shape index (κ3) is 2.72. The molecule has 1 aliphatic rings. The molecule has 1 unspecified atom stereocenters. The minimum atomic E-state index is -0.386. The molecular weight excluding hydrogens is 324 g/mol. The summed E-state index contributed by atoms with van der Waals surface area (Å²) < 4.78 is 2.65. The first-order chi connectivity index (χ1) is 9.45. The molecule has 1 N–H and O–H groups in total. The Kier molecular flexibility index (Phi) is 4.47. The molecule has 6 nitrogen and oxygen atoms in total. The van der Waals surface area contributed by atoms with Crippen molar-refractivity contribution in [2.75, 3.05) is 6.54 Å². The van der Waals surface area contributed by atoms with E-state index in [0.717, 1.165) is 22.3 Å². The van der Waals surface area contributed by atoms with Crippen molar-refractivity contribution in [1.29, 1.82) is 0 Å². The second-order valence-electron chi connectivity index (χ2n) is 5.01. The minimum Gasteiger partial charge on any atom is -0.345 e. The van der Waals surface area contributed by atoms with E-state index in [-0.39, 0.29) is 24.4 Å². The van der Waals surface area contributed by atoms with Crippen LogP contribution in [0.15, 0.2) is 4.47 Å². The molecule has 0 bridgehead atoms. The molecule has 7 heteroatoms. The summed E-state index contributed by atoms with van der Waals surface area (Å²) in [4.78, 5) is 25.7. The number of hydrogen-bond acceptors (Lipinski definition) is 3. The SMILES string of the molecule is CCCC1C(=O)NCC(=O)N1Cc1c(Br)c(C)nn1C. The normalized spacial score (nSPS) is 19.4. The summed E-state index contributed by atoms with van der Waals surface area (Å²) in [6.45, 7) is 4.39. The highest BCUT2D eigenvalue weighted by Gasteiger charge is 2.34. The highest BCUT2D eigenvalue weighted by atomic mass is 79.9. The van der Waals surface area contributed by atoms with Crippen LogP contribution in [-0.2, 0) is 23.2 Å². The van der Waals surface area contributed by atoms with Gasteiger partial charge < -0.3 is 10.2 Å². The first-order valence-electron chi connectivity index (χ1n) is 6.70. The zero-order valence-corrected chi connectivity index (χ0v) is 13.5. The summed E-state index contributed by atoms with van der Waals surface area (Å²) in [5.74, 6) is -0.115. The van der Waals surface area contributed by atoms with E-state index in [2.05, 4.69) is 26.3 Å². The van der Waals surface area contributed by atoms with E-state index < -0.39 is 0 Å². The van der Waals surface area contributed by atoms with Crippen molar-refractivity contribution in [3.05, 3.63) is 15.9 Å². The van der Waals surface area contributed by atoms with Gasteiger partial charge in [0.2, 0.25) is 11.8 Å². The van der Waals surface area contributed by atoms with Crippen molar-refractivity contribution in [3.8, 4) is 0 Å². The van der Waals surface area contributed by atoms with Crippen LogP contribution >= 0.6 is 15.9 Å². The molecule has 2 amide bonds. The Morgan fingerprint density at radius 1 is 1.45 bits per heavy atom. The number of aryl methyl sites for hydroxylation is 2. The quantitative estimate of drug-likeness (QED) is 0.891. The Hall–Kier alpha value is -1.37. The first kappa shape index (κ1) is 15.0. The van der Waals surface area contributed by atoms with Gasteiger partial charge in [-0.25, -0.2) is 0 Å². The monoisotopic (exact) mass is 342 g/mol. The fourth-order valence-corrected chi connectivity index (χ4v) is 2.93. The Bertz CT molecular complexity index is 541. The van der Waals surface area contributed by atoms with Gasteiger partial charge in [-0.2, -0.15) is 5.10 Å². The van der Waals surface area contributed by atoms with Gasteiger partial charge in [0.1, 0.15) is 6.04 Å². The molecule has 0 aromatic carbocycles. The van der Waals surface area contributed by atoms with Crippen LogP contribution in [0.1, 0.15) is 31.2 Å². The van der Waals surface area contributed by atoms with Crippen LogP contribution in [0.2, 0.25) is 0 Å². The molecule has 1 saturated heterocycles. The fraction of sp³-hybridized carbons (Fsp3) is 0.615. The Labute approximate surface area is 126 Å². The maximum absolute atomic E-state index is 12.1. The van der Waals surface area contributed by atoms with Gasteiger partial charge in [0.25, 0.3) is 0 Å². The van der Waals surface area contributed by atoms with E-state index in [0.29, 0.717) is 13.0 Å². The summed E-state index contributed by atoms with van der Waals surface area (Å²) in [5, 5.41) is 6.98. The molecule has 1 aromatic rings. The van der Waals surface area contributed by atoms with Crippen molar-refractivity contribution >= 4 is 27.7 Å². The van der Waals surface area contributed by atoms with Crippen molar-refractivity contribution in [2.45, 2.75) is 39.3 Å². The van der Waals surface area contributed by atoms with Crippen LogP contribution in [0.25, 0.3) is 0 Å². The first-order valence-corrected chi connectivity index (χ1v) is 7.50. The van der Waals surface area contributed by atoms with Crippen LogP contribution in [0, 0.1) is 6.92 Å². The maximum Gasteiger partial charge on any atom is 0.243 e. The third-order valence-corrected chi connectivity index (χ3v) is 4.59. The van der Waals surface area contributed by atoms with Gasteiger partial charge in [-0.3, -0.25) is 14.3 Å². The predicted octanol–water partition coefficient (Wildman–Crippen LogP) is 1.12. The highest BCUT2D eigenvalue weighted by molar-refractivity contribution is 9.10. The molecule has 2 heterocycles. The molecule has 0 spiro atoms. The van der Waals surface area contributed by atoms with Crippen LogP contribution in [0.4, 0.5) is 0 Å². The Morgan fingerprint density at radius 2 is 2.15 bits per heavy atom. The number of carbonyl (C=O) groups excluding carboxylic acids is 2. The number of carbonyl (C=O) groups is 2. The van der Waals surface area contributed by atoms with Crippen LogP contribution in [0.5, 0.6) is 0 Å². The number of amides is 2. The summed E-state index contributed by atoms with van der Waals surface area (Å²) >= 11 is 3.50. The smallest absolute Gasteiger partial charge is 0.243 e. The average Bonchev–Trinajstić information content (AvgIpc) is 2.64. The van der Waals surface area contributed by atoms with E-state index in [4.69, 9.17) is 0 Å². The van der Waals surface area contributed by atoms with E-state index in [1.54, 1.807) is 9.58 Å². The summed E-state index contributed by atoms with van der Waals surface area (Å²) in [6.07, 6.45) is 1.53. The van der Waals surface area contributed by atoms with Gasteiger partial charge >= 0.3 is 0 Å². The van der Waals surface area contributed by atoms with Gasteiger partial charge in [0.05, 0.1) is 29.0 Å². The van der Waals surface area contributed by atoms with E-state index in [1.807, 2.05) is 20.9 Å². The standard InChI is InChI=1S/C13H19BrN4O2/c1-4-5-9-13(20)15-6-11(19)18(9)7-10-12(14)8(2)16-17(10)3/h9H,4-7H2,1-3H3,(H,15,20).